The molecule has 17 heavy (non-hydrogen) atoms. The van der Waals surface area contributed by atoms with Crippen molar-refractivity contribution in [2.75, 3.05) is 7.05 Å². The number of ether oxygens (including phenoxy) is 1. The van der Waals surface area contributed by atoms with Crippen LogP contribution in [0.5, 0.6) is 0 Å². The average Bonchev–Trinajstić information content (AvgIpc) is 2.52. The Hall–Kier alpha value is -0.570. The Morgan fingerprint density at radius 1 is 1.29 bits per heavy atom. The number of nitrogens with zero attached hydrogens (tertiary/aromatic N) is 1. The van der Waals surface area contributed by atoms with Gasteiger partial charge in [0.05, 0.1) is 0 Å². The van der Waals surface area contributed by atoms with Gasteiger partial charge in [-0.05, 0) is 45.1 Å². The van der Waals surface area contributed by atoms with Crippen molar-refractivity contribution in [3.63, 3.8) is 0 Å². The number of esters is 1. The summed E-state index contributed by atoms with van der Waals surface area (Å²) in [5.41, 5.74) is 0. The van der Waals surface area contributed by atoms with Crippen molar-refractivity contribution < 1.29 is 9.53 Å². The molecule has 98 valence electrons. The number of piperidine rings is 1. The number of carbonyl (C=O) groups is 1. The van der Waals surface area contributed by atoms with Gasteiger partial charge in [-0.2, -0.15) is 0 Å². The third kappa shape index (κ3) is 3.21. The summed E-state index contributed by atoms with van der Waals surface area (Å²) in [6.07, 6.45) is 6.35. The fraction of sp³-hybridized carbons (Fsp3) is 0.929. The van der Waals surface area contributed by atoms with E-state index in [1.807, 2.05) is 0 Å². The summed E-state index contributed by atoms with van der Waals surface area (Å²) in [6, 6.07) is 1.30. The Morgan fingerprint density at radius 2 is 1.88 bits per heavy atom. The molecule has 2 aliphatic rings. The molecule has 0 aromatic carbocycles. The maximum atomic E-state index is 11.7. The second-order valence-corrected chi connectivity index (χ2v) is 6.07. The number of fused-ring (bicyclic) bond motifs is 2. The molecule has 0 radical (unpaired) electrons. The van der Waals surface area contributed by atoms with Crippen LogP contribution in [0.2, 0.25) is 0 Å². The van der Waals surface area contributed by atoms with Crippen LogP contribution in [0.4, 0.5) is 0 Å². The first kappa shape index (κ1) is 12.9. The van der Waals surface area contributed by atoms with Gasteiger partial charge >= 0.3 is 5.97 Å². The summed E-state index contributed by atoms with van der Waals surface area (Å²) in [5.74, 6) is 0.587. The molecule has 2 aliphatic heterocycles. The lowest BCUT2D eigenvalue weighted by molar-refractivity contribution is -0.152. The normalized spacial score (nSPS) is 33.1. The molecule has 2 bridgehead atoms. The van der Waals surface area contributed by atoms with Crippen molar-refractivity contribution >= 4 is 5.97 Å². The van der Waals surface area contributed by atoms with E-state index in [-0.39, 0.29) is 12.1 Å². The summed E-state index contributed by atoms with van der Waals surface area (Å²) >= 11 is 0. The van der Waals surface area contributed by atoms with E-state index in [1.165, 1.54) is 12.8 Å². The lowest BCUT2D eigenvalue weighted by atomic mass is 10.0. The summed E-state index contributed by atoms with van der Waals surface area (Å²) in [5, 5.41) is 0. The monoisotopic (exact) mass is 239 g/mol. The first-order chi connectivity index (χ1) is 8.06. The molecule has 0 spiro atoms. The molecule has 0 aromatic heterocycles. The smallest absolute Gasteiger partial charge is 0.306 e. The Balaban J connectivity index is 1.75. The van der Waals surface area contributed by atoms with Crippen molar-refractivity contribution in [1.82, 2.24) is 4.90 Å². The maximum Gasteiger partial charge on any atom is 0.306 e. The van der Waals surface area contributed by atoms with Crippen LogP contribution in [-0.4, -0.2) is 36.1 Å². The Kier molecular flexibility index (Phi) is 4.08. The van der Waals surface area contributed by atoms with Gasteiger partial charge in [-0.3, -0.25) is 4.79 Å². The summed E-state index contributed by atoms with van der Waals surface area (Å²) in [6.45, 7) is 4.28. The molecule has 3 atom stereocenters. The van der Waals surface area contributed by atoms with Gasteiger partial charge in [-0.25, -0.2) is 0 Å². The molecule has 3 heteroatoms. The average molecular weight is 239 g/mol. The van der Waals surface area contributed by atoms with E-state index >= 15 is 0 Å². The van der Waals surface area contributed by atoms with E-state index < -0.39 is 0 Å². The Morgan fingerprint density at radius 3 is 2.41 bits per heavy atom. The molecule has 1 unspecified atom stereocenters. The molecule has 2 saturated heterocycles. The quantitative estimate of drug-likeness (QED) is 0.706. The van der Waals surface area contributed by atoms with Gasteiger partial charge in [-0.15, -0.1) is 0 Å². The van der Waals surface area contributed by atoms with Crippen LogP contribution in [0.3, 0.4) is 0 Å². The van der Waals surface area contributed by atoms with Crippen molar-refractivity contribution in [3.8, 4) is 0 Å². The van der Waals surface area contributed by atoms with Gasteiger partial charge in [0.2, 0.25) is 0 Å². The van der Waals surface area contributed by atoms with E-state index in [1.54, 1.807) is 0 Å². The van der Waals surface area contributed by atoms with Crippen LogP contribution in [0.15, 0.2) is 0 Å². The highest BCUT2D eigenvalue weighted by molar-refractivity contribution is 5.69. The highest BCUT2D eigenvalue weighted by Crippen LogP contribution is 2.35. The third-order valence-corrected chi connectivity index (χ3v) is 4.28. The molecule has 0 N–H and O–H groups in total. The topological polar surface area (TPSA) is 29.5 Å². The zero-order valence-electron chi connectivity index (χ0n) is 11.3. The standard InChI is InChI=1S/C14H25NO2/c1-10(2)4-7-14(16)17-13-8-11-5-6-12(9-13)15(11)3/h10-13H,4-9H2,1-3H3/t11-,12+,13?. The largest absolute Gasteiger partial charge is 0.462 e. The van der Waals surface area contributed by atoms with E-state index in [0.29, 0.717) is 24.4 Å². The minimum Gasteiger partial charge on any atom is -0.462 e. The van der Waals surface area contributed by atoms with E-state index in [4.69, 9.17) is 4.74 Å². The molecular weight excluding hydrogens is 214 g/mol. The second kappa shape index (κ2) is 5.38. The van der Waals surface area contributed by atoms with E-state index in [0.717, 1.165) is 19.3 Å². The lowest BCUT2D eigenvalue weighted by Crippen LogP contribution is -2.43. The predicted molar refractivity (Wildman–Crippen MR) is 67.8 cm³/mol. The van der Waals surface area contributed by atoms with Crippen molar-refractivity contribution in [2.24, 2.45) is 5.92 Å². The van der Waals surface area contributed by atoms with Gasteiger partial charge in [0.15, 0.2) is 0 Å². The van der Waals surface area contributed by atoms with Crippen LogP contribution in [0.25, 0.3) is 0 Å². The second-order valence-electron chi connectivity index (χ2n) is 6.07. The van der Waals surface area contributed by atoms with Gasteiger partial charge in [0.25, 0.3) is 0 Å². The molecule has 2 heterocycles. The maximum absolute atomic E-state index is 11.7. The number of hydrogen-bond acceptors (Lipinski definition) is 3. The molecular formula is C14H25NO2. The highest BCUT2D eigenvalue weighted by atomic mass is 16.5. The van der Waals surface area contributed by atoms with Crippen LogP contribution < -0.4 is 0 Å². The van der Waals surface area contributed by atoms with Crippen molar-refractivity contribution in [1.29, 1.82) is 0 Å². The molecule has 0 amide bonds. The van der Waals surface area contributed by atoms with Gasteiger partial charge in [0.1, 0.15) is 6.10 Å². The van der Waals surface area contributed by atoms with Crippen molar-refractivity contribution in [3.05, 3.63) is 0 Å². The minimum absolute atomic E-state index is 0.00709. The molecule has 0 aliphatic carbocycles. The molecule has 0 aromatic rings. The number of rotatable bonds is 4. The predicted octanol–water partition coefficient (Wildman–Crippen LogP) is 2.59. The first-order valence-corrected chi connectivity index (χ1v) is 6.97. The van der Waals surface area contributed by atoms with Gasteiger partial charge < -0.3 is 9.64 Å². The van der Waals surface area contributed by atoms with E-state index in [9.17, 15) is 4.79 Å². The van der Waals surface area contributed by atoms with Gasteiger partial charge in [0, 0.05) is 18.5 Å². The lowest BCUT2D eigenvalue weighted by Gasteiger charge is -2.35. The van der Waals surface area contributed by atoms with Crippen LogP contribution in [-0.2, 0) is 9.53 Å². The fourth-order valence-corrected chi connectivity index (χ4v) is 3.11. The Labute approximate surface area is 105 Å². The summed E-state index contributed by atoms with van der Waals surface area (Å²) < 4.78 is 5.61. The molecule has 3 nitrogen and oxygen atoms in total. The number of carbonyl (C=O) groups excluding carboxylic acids is 1. The summed E-state index contributed by atoms with van der Waals surface area (Å²) in [4.78, 5) is 14.2. The molecule has 0 saturated carbocycles. The summed E-state index contributed by atoms with van der Waals surface area (Å²) in [7, 11) is 2.21. The third-order valence-electron chi connectivity index (χ3n) is 4.28. The zero-order valence-corrected chi connectivity index (χ0v) is 11.3. The first-order valence-electron chi connectivity index (χ1n) is 6.97. The Bertz CT molecular complexity index is 263. The molecule has 2 rings (SSSR count). The number of hydrogen-bond donors (Lipinski definition) is 0. The van der Waals surface area contributed by atoms with Crippen molar-refractivity contribution in [2.45, 2.75) is 70.6 Å². The van der Waals surface area contributed by atoms with Gasteiger partial charge in [-0.1, -0.05) is 13.8 Å². The van der Waals surface area contributed by atoms with E-state index in [2.05, 4.69) is 25.8 Å². The SMILES string of the molecule is CC(C)CCC(=O)OC1C[C@H]2CC[C@@H](C1)N2C. The van der Waals surface area contributed by atoms with Crippen LogP contribution >= 0.6 is 0 Å². The minimum atomic E-state index is 0.00709. The van der Waals surface area contributed by atoms with Crippen LogP contribution in [0.1, 0.15) is 52.4 Å². The zero-order chi connectivity index (χ0) is 12.4. The fourth-order valence-electron chi connectivity index (χ4n) is 3.11. The van der Waals surface area contributed by atoms with Crippen LogP contribution in [0, 0.1) is 5.92 Å². The highest BCUT2D eigenvalue weighted by Gasteiger charge is 2.39. The molecule has 2 fully saturated rings.